The van der Waals surface area contributed by atoms with Crippen LogP contribution < -0.4 is 19.8 Å². The fourth-order valence-corrected chi connectivity index (χ4v) is 7.29. The molecule has 51 heavy (non-hydrogen) atoms. The molecule has 0 amide bonds. The first-order valence-electron chi connectivity index (χ1n) is 17.9. The van der Waals surface area contributed by atoms with Crippen LogP contribution in [0.4, 0.5) is 22.7 Å². The second-order valence-corrected chi connectivity index (χ2v) is 14.8. The minimum Gasteiger partial charge on any atom is -0.382 e. The first kappa shape index (κ1) is 37.3. The predicted molar refractivity (Wildman–Crippen MR) is 219 cm³/mol. The number of allylic oxidation sites excluding steroid dienone is 4. The maximum atomic E-state index is 13.1. The van der Waals surface area contributed by atoms with Gasteiger partial charge in [-0.1, -0.05) is 48.4 Å². The second kappa shape index (κ2) is 16.9. The minimum absolute atomic E-state index is 0.455. The Labute approximate surface area is 309 Å². The molecular formula is C44H51N5OS. The topological polar surface area (TPSA) is 71.4 Å². The van der Waals surface area contributed by atoms with Gasteiger partial charge in [0.25, 0.3) is 5.78 Å². The van der Waals surface area contributed by atoms with Crippen LogP contribution >= 0.6 is 11.9 Å². The summed E-state index contributed by atoms with van der Waals surface area (Å²) in [5.41, 5.74) is 13.3. The lowest BCUT2D eigenvalue weighted by atomic mass is 9.85. The molecule has 0 spiro atoms. The van der Waals surface area contributed by atoms with Crippen molar-refractivity contribution in [2.24, 2.45) is 0 Å². The number of Topliss-reactive ketones (excluding diaryl/α,β-unsaturated/α-hetero) is 1. The van der Waals surface area contributed by atoms with Crippen molar-refractivity contribution in [2.45, 2.75) is 72.7 Å². The number of nitriles is 1. The predicted octanol–water partition coefficient (Wildman–Crippen LogP) is 10.6. The summed E-state index contributed by atoms with van der Waals surface area (Å²) in [4.78, 5) is 19.2. The van der Waals surface area contributed by atoms with Crippen molar-refractivity contribution in [3.05, 3.63) is 124 Å². The van der Waals surface area contributed by atoms with E-state index in [-0.39, 0.29) is 0 Å². The molecule has 2 N–H and O–H groups in total. The molecule has 1 heterocycles. The van der Waals surface area contributed by atoms with Crippen molar-refractivity contribution >= 4 is 51.6 Å². The van der Waals surface area contributed by atoms with Gasteiger partial charge >= 0.3 is 0 Å². The van der Waals surface area contributed by atoms with E-state index in [1.165, 1.54) is 27.4 Å². The molecule has 0 aliphatic carbocycles. The van der Waals surface area contributed by atoms with Gasteiger partial charge in [-0.25, -0.2) is 0 Å². The highest BCUT2D eigenvalue weighted by molar-refractivity contribution is 8.00. The fourth-order valence-electron chi connectivity index (χ4n) is 6.54. The van der Waals surface area contributed by atoms with Crippen molar-refractivity contribution in [3.8, 4) is 6.07 Å². The van der Waals surface area contributed by atoms with Gasteiger partial charge in [0.05, 0.1) is 0 Å². The van der Waals surface area contributed by atoms with Crippen LogP contribution in [0.25, 0.3) is 11.1 Å². The van der Waals surface area contributed by atoms with Crippen LogP contribution in [-0.4, -0.2) is 38.0 Å². The molecule has 0 aromatic heterocycles. The van der Waals surface area contributed by atoms with Gasteiger partial charge in [-0.05, 0) is 155 Å². The Balaban J connectivity index is 1.29. The van der Waals surface area contributed by atoms with Crippen molar-refractivity contribution in [3.63, 3.8) is 0 Å². The maximum Gasteiger partial charge on any atom is 0.262 e. The SMILES string of the molecule is CC[C@H](C)Nc1ccc(SNc2ccc(N3CCN(c4cc(C)cc(/C(C(C(=O)C#N)=C(C)C)=C(/C)c5ccc(C)cc5)c4)CC3)cc2)cc1C. The number of piperazine rings is 1. The van der Waals surface area contributed by atoms with Crippen LogP contribution in [0, 0.1) is 32.1 Å². The molecule has 0 bridgehead atoms. The second-order valence-electron chi connectivity index (χ2n) is 13.9. The fraction of sp³-hybridized carbons (Fsp3) is 0.318. The molecular weight excluding hydrogens is 647 g/mol. The number of aryl methyl sites for hydroxylation is 3. The van der Waals surface area contributed by atoms with Gasteiger partial charge in [0, 0.05) is 65.4 Å². The molecule has 0 unspecified atom stereocenters. The number of hydrogen-bond donors (Lipinski definition) is 2. The largest absolute Gasteiger partial charge is 0.382 e. The molecule has 264 valence electrons. The monoisotopic (exact) mass is 697 g/mol. The first-order chi connectivity index (χ1) is 24.5. The Morgan fingerprint density at radius 1 is 0.804 bits per heavy atom. The molecule has 0 radical (unpaired) electrons. The molecule has 4 aromatic carbocycles. The summed E-state index contributed by atoms with van der Waals surface area (Å²) >= 11 is 1.63. The third kappa shape index (κ3) is 9.25. The van der Waals surface area contributed by atoms with Crippen molar-refractivity contribution < 1.29 is 4.79 Å². The van der Waals surface area contributed by atoms with E-state index in [0.29, 0.717) is 11.6 Å². The number of benzene rings is 4. The molecule has 4 aromatic rings. The smallest absolute Gasteiger partial charge is 0.262 e. The Hall–Kier alpha value is -4.93. The lowest BCUT2D eigenvalue weighted by Crippen LogP contribution is -2.46. The van der Waals surface area contributed by atoms with E-state index in [2.05, 4.69) is 146 Å². The number of hydrogen-bond acceptors (Lipinski definition) is 7. The van der Waals surface area contributed by atoms with Gasteiger partial charge in [-0.2, -0.15) is 5.26 Å². The van der Waals surface area contributed by atoms with Gasteiger partial charge in [-0.15, -0.1) is 0 Å². The van der Waals surface area contributed by atoms with E-state index in [1.807, 2.05) is 19.9 Å². The third-order valence-corrected chi connectivity index (χ3v) is 10.5. The summed E-state index contributed by atoms with van der Waals surface area (Å²) in [5, 5.41) is 13.3. The standard InChI is InChI=1S/C44H51N5OS/c1-9-33(7)46-41-19-18-40(26-32(41)6)51-47-37-14-16-38(17-15-37)48-20-22-49(23-21-48)39-25-31(5)24-36(27-39)44(43(29(2)3)42(50)28-45)34(8)35-12-10-30(4)11-13-35/h10-19,24-27,33,46-47H,9,20-23H2,1-8H3/b44-34+/t33-/m0/s1. The lowest BCUT2D eigenvalue weighted by molar-refractivity contribution is -0.110. The summed E-state index contributed by atoms with van der Waals surface area (Å²) in [7, 11) is 0. The molecule has 7 heteroatoms. The van der Waals surface area contributed by atoms with Crippen molar-refractivity contribution in [1.29, 1.82) is 5.26 Å². The van der Waals surface area contributed by atoms with Crippen molar-refractivity contribution in [2.75, 3.05) is 46.0 Å². The highest BCUT2D eigenvalue weighted by atomic mass is 32.2. The molecule has 1 aliphatic rings. The number of ketones is 1. The van der Waals surface area contributed by atoms with Crippen LogP contribution in [0.15, 0.2) is 101 Å². The van der Waals surface area contributed by atoms with Crippen LogP contribution in [0.2, 0.25) is 0 Å². The Morgan fingerprint density at radius 3 is 2.04 bits per heavy atom. The summed E-state index contributed by atoms with van der Waals surface area (Å²) in [6.45, 7) is 20.2. The molecule has 6 nitrogen and oxygen atoms in total. The Bertz CT molecular complexity index is 1960. The number of carbonyl (C=O) groups excluding carboxylic acids is 1. The van der Waals surface area contributed by atoms with E-state index in [1.54, 1.807) is 11.9 Å². The highest BCUT2D eigenvalue weighted by Crippen LogP contribution is 2.37. The van der Waals surface area contributed by atoms with Gasteiger partial charge in [0.15, 0.2) is 0 Å². The summed E-state index contributed by atoms with van der Waals surface area (Å²) in [5.74, 6) is -0.508. The van der Waals surface area contributed by atoms with Crippen LogP contribution in [0.3, 0.4) is 0 Å². The summed E-state index contributed by atoms with van der Waals surface area (Å²) < 4.78 is 3.51. The number of nitrogens with one attached hydrogen (secondary N) is 2. The van der Waals surface area contributed by atoms with Crippen molar-refractivity contribution in [1.82, 2.24) is 0 Å². The normalized spacial score (nSPS) is 13.9. The number of anilines is 4. The molecule has 1 aliphatic heterocycles. The van der Waals surface area contributed by atoms with Crippen LogP contribution in [-0.2, 0) is 4.79 Å². The van der Waals surface area contributed by atoms with E-state index in [0.717, 1.165) is 77.4 Å². The molecule has 5 rings (SSSR count). The number of nitrogens with zero attached hydrogens (tertiary/aromatic N) is 3. The zero-order valence-corrected chi connectivity index (χ0v) is 32.2. The third-order valence-electron chi connectivity index (χ3n) is 9.67. The van der Waals surface area contributed by atoms with E-state index in [4.69, 9.17) is 0 Å². The zero-order valence-electron chi connectivity index (χ0n) is 31.4. The van der Waals surface area contributed by atoms with Gasteiger partial charge in [0.2, 0.25) is 0 Å². The molecule has 1 atom stereocenters. The Kier molecular flexibility index (Phi) is 12.3. The van der Waals surface area contributed by atoms with Gasteiger partial charge in [-0.3, -0.25) is 4.79 Å². The Morgan fingerprint density at radius 2 is 1.45 bits per heavy atom. The average Bonchev–Trinajstić information content (AvgIpc) is 3.13. The van der Waals surface area contributed by atoms with E-state index >= 15 is 0 Å². The maximum absolute atomic E-state index is 13.1. The molecule has 1 saturated heterocycles. The molecule has 0 saturated carbocycles. The lowest BCUT2D eigenvalue weighted by Gasteiger charge is -2.38. The highest BCUT2D eigenvalue weighted by Gasteiger charge is 2.23. The number of carbonyl (C=O) groups is 1. The summed E-state index contributed by atoms with van der Waals surface area (Å²) in [6.07, 6.45) is 1.09. The van der Waals surface area contributed by atoms with Crippen LogP contribution in [0.5, 0.6) is 0 Å². The quantitative estimate of drug-likeness (QED) is 0.0502. The van der Waals surface area contributed by atoms with Gasteiger partial charge < -0.3 is 19.8 Å². The average molecular weight is 698 g/mol. The van der Waals surface area contributed by atoms with Gasteiger partial charge in [0.1, 0.15) is 6.07 Å². The number of rotatable bonds is 12. The van der Waals surface area contributed by atoms with E-state index in [9.17, 15) is 10.1 Å². The van der Waals surface area contributed by atoms with E-state index < -0.39 is 5.78 Å². The zero-order chi connectivity index (χ0) is 36.7. The first-order valence-corrected chi connectivity index (χ1v) is 18.7. The van der Waals surface area contributed by atoms with Crippen LogP contribution in [0.1, 0.15) is 68.9 Å². The minimum atomic E-state index is -0.508. The molecule has 1 fully saturated rings. The summed E-state index contributed by atoms with van der Waals surface area (Å²) in [6, 6.07) is 32.5.